The van der Waals surface area contributed by atoms with Crippen LogP contribution >= 0.6 is 0 Å². The number of amides is 3. The van der Waals surface area contributed by atoms with Gasteiger partial charge in [0.25, 0.3) is 5.91 Å². The second-order valence-electron chi connectivity index (χ2n) is 11.2. The lowest BCUT2D eigenvalue weighted by atomic mass is 9.62. The van der Waals surface area contributed by atoms with Crippen LogP contribution in [0.25, 0.3) is 0 Å². The minimum atomic E-state index is -0.917. The van der Waals surface area contributed by atoms with Crippen molar-refractivity contribution in [3.63, 3.8) is 0 Å². The van der Waals surface area contributed by atoms with Crippen LogP contribution in [0.15, 0.2) is 115 Å². The number of hydrogen-bond donors (Lipinski definition) is 2. The van der Waals surface area contributed by atoms with Gasteiger partial charge in [0, 0.05) is 30.4 Å². The van der Waals surface area contributed by atoms with E-state index in [1.165, 1.54) is 0 Å². The summed E-state index contributed by atoms with van der Waals surface area (Å²) >= 11 is 0. The maximum Gasteiger partial charge on any atom is 0.251 e. The molecule has 1 heterocycles. The van der Waals surface area contributed by atoms with E-state index in [0.717, 1.165) is 22.4 Å². The third-order valence-electron chi connectivity index (χ3n) is 8.77. The van der Waals surface area contributed by atoms with Crippen LogP contribution in [0.3, 0.4) is 0 Å². The number of hydrogen-bond acceptors (Lipinski definition) is 3. The first-order chi connectivity index (χ1) is 20.6. The van der Waals surface area contributed by atoms with Crippen molar-refractivity contribution in [2.24, 2.45) is 0 Å². The summed E-state index contributed by atoms with van der Waals surface area (Å²) < 4.78 is 0. The number of para-hydroxylation sites is 1. The van der Waals surface area contributed by atoms with Gasteiger partial charge in [-0.2, -0.15) is 0 Å². The third-order valence-corrected chi connectivity index (χ3v) is 8.77. The summed E-state index contributed by atoms with van der Waals surface area (Å²) in [5, 5.41) is 6.29. The Bertz CT molecular complexity index is 1550. The first-order valence-corrected chi connectivity index (χ1v) is 14.7. The fourth-order valence-electron chi connectivity index (χ4n) is 6.57. The Kier molecular flexibility index (Phi) is 7.87. The molecular formula is C36H35N3O3. The summed E-state index contributed by atoms with van der Waals surface area (Å²) in [5.74, 6) is -0.390. The van der Waals surface area contributed by atoms with Gasteiger partial charge in [-0.05, 0) is 66.6 Å². The molecule has 4 aromatic carbocycles. The SMILES string of the molecule is O=C(NC1CCN(C(=O)C2CCC(C(=O)Nc3ccccc3)(c3ccccc3)c3ccccc32)CC1)c1ccccc1. The molecule has 0 aromatic heterocycles. The molecule has 0 bridgehead atoms. The molecule has 1 fully saturated rings. The molecule has 6 heteroatoms. The number of likely N-dealkylation sites (tertiary alicyclic amines) is 1. The second kappa shape index (κ2) is 12.0. The molecule has 2 unspecified atom stereocenters. The average Bonchev–Trinajstić information content (AvgIpc) is 3.05. The number of anilines is 1. The Labute approximate surface area is 246 Å². The van der Waals surface area contributed by atoms with Gasteiger partial charge >= 0.3 is 0 Å². The van der Waals surface area contributed by atoms with E-state index in [2.05, 4.69) is 10.6 Å². The summed E-state index contributed by atoms with van der Waals surface area (Å²) in [6.45, 7) is 1.19. The number of nitrogens with one attached hydrogen (secondary N) is 2. The molecule has 4 aromatic rings. The fourth-order valence-corrected chi connectivity index (χ4v) is 6.57. The molecule has 2 atom stereocenters. The van der Waals surface area contributed by atoms with Crippen molar-refractivity contribution in [3.8, 4) is 0 Å². The zero-order valence-electron chi connectivity index (χ0n) is 23.5. The van der Waals surface area contributed by atoms with Crippen molar-refractivity contribution in [1.82, 2.24) is 10.2 Å². The predicted octanol–water partition coefficient (Wildman–Crippen LogP) is 5.91. The molecule has 2 N–H and O–H groups in total. The number of benzene rings is 4. The highest BCUT2D eigenvalue weighted by molar-refractivity contribution is 6.03. The lowest BCUT2D eigenvalue weighted by molar-refractivity contribution is -0.135. The summed E-state index contributed by atoms with van der Waals surface area (Å²) in [7, 11) is 0. The van der Waals surface area contributed by atoms with E-state index < -0.39 is 5.41 Å². The predicted molar refractivity (Wildman–Crippen MR) is 164 cm³/mol. The van der Waals surface area contributed by atoms with E-state index >= 15 is 0 Å². The van der Waals surface area contributed by atoms with Gasteiger partial charge in [-0.1, -0.05) is 91.0 Å². The highest BCUT2D eigenvalue weighted by Crippen LogP contribution is 2.48. The van der Waals surface area contributed by atoms with E-state index in [9.17, 15) is 14.4 Å². The van der Waals surface area contributed by atoms with Crippen LogP contribution in [0.4, 0.5) is 5.69 Å². The molecule has 212 valence electrons. The zero-order chi connectivity index (χ0) is 28.9. The van der Waals surface area contributed by atoms with Crippen LogP contribution in [0.1, 0.15) is 58.6 Å². The molecule has 6 rings (SSSR count). The maximum atomic E-state index is 14.2. The smallest absolute Gasteiger partial charge is 0.251 e. The minimum absolute atomic E-state index is 0.0350. The molecule has 2 aliphatic rings. The Balaban J connectivity index is 1.23. The molecule has 1 saturated heterocycles. The normalized spacial score (nSPS) is 20.3. The van der Waals surface area contributed by atoms with Gasteiger partial charge in [-0.3, -0.25) is 14.4 Å². The third kappa shape index (κ3) is 5.32. The van der Waals surface area contributed by atoms with Crippen LogP contribution in [-0.2, 0) is 15.0 Å². The van der Waals surface area contributed by atoms with Gasteiger partial charge in [-0.25, -0.2) is 0 Å². The Morgan fingerprint density at radius 2 is 1.29 bits per heavy atom. The molecule has 1 aliphatic heterocycles. The number of fused-ring (bicyclic) bond motifs is 1. The van der Waals surface area contributed by atoms with Crippen molar-refractivity contribution in [1.29, 1.82) is 0 Å². The van der Waals surface area contributed by atoms with Crippen LogP contribution in [0, 0.1) is 0 Å². The van der Waals surface area contributed by atoms with Crippen molar-refractivity contribution in [2.75, 3.05) is 18.4 Å². The van der Waals surface area contributed by atoms with Crippen molar-refractivity contribution in [3.05, 3.63) is 138 Å². The van der Waals surface area contributed by atoms with Crippen molar-refractivity contribution >= 4 is 23.4 Å². The average molecular weight is 558 g/mol. The topological polar surface area (TPSA) is 78.5 Å². The molecule has 3 amide bonds. The van der Waals surface area contributed by atoms with Gasteiger partial charge in [0.15, 0.2) is 0 Å². The Morgan fingerprint density at radius 3 is 1.98 bits per heavy atom. The highest BCUT2D eigenvalue weighted by atomic mass is 16.2. The van der Waals surface area contributed by atoms with Gasteiger partial charge in [0.2, 0.25) is 11.8 Å². The number of piperidine rings is 1. The lowest BCUT2D eigenvalue weighted by Crippen LogP contribution is -2.50. The first kappa shape index (κ1) is 27.5. The number of nitrogens with zero attached hydrogens (tertiary/aromatic N) is 1. The van der Waals surface area contributed by atoms with Gasteiger partial charge in [0.05, 0.1) is 11.3 Å². The number of carbonyl (C=O) groups excluding carboxylic acids is 3. The van der Waals surface area contributed by atoms with Gasteiger partial charge in [0.1, 0.15) is 0 Å². The Hall–Kier alpha value is -4.71. The fraction of sp³-hybridized carbons (Fsp3) is 0.250. The lowest BCUT2D eigenvalue weighted by Gasteiger charge is -2.42. The summed E-state index contributed by atoms with van der Waals surface area (Å²) in [6.07, 6.45) is 2.52. The van der Waals surface area contributed by atoms with Gasteiger partial charge < -0.3 is 15.5 Å². The monoisotopic (exact) mass is 557 g/mol. The molecule has 0 radical (unpaired) electrons. The molecule has 1 aliphatic carbocycles. The molecular weight excluding hydrogens is 522 g/mol. The van der Waals surface area contributed by atoms with Crippen molar-refractivity contribution < 1.29 is 14.4 Å². The zero-order valence-corrected chi connectivity index (χ0v) is 23.5. The number of carbonyl (C=O) groups is 3. The van der Waals surface area contributed by atoms with Crippen LogP contribution in [0.5, 0.6) is 0 Å². The summed E-state index contributed by atoms with van der Waals surface area (Å²) in [5.41, 5.74) is 3.20. The van der Waals surface area contributed by atoms with Crippen LogP contribution < -0.4 is 10.6 Å². The van der Waals surface area contributed by atoms with Gasteiger partial charge in [-0.15, -0.1) is 0 Å². The van der Waals surface area contributed by atoms with Crippen LogP contribution in [0.2, 0.25) is 0 Å². The Morgan fingerprint density at radius 1 is 0.690 bits per heavy atom. The van der Waals surface area contributed by atoms with E-state index in [0.29, 0.717) is 44.3 Å². The summed E-state index contributed by atoms with van der Waals surface area (Å²) in [6, 6.07) is 36.6. The maximum absolute atomic E-state index is 14.2. The van der Waals surface area contributed by atoms with Crippen molar-refractivity contribution in [2.45, 2.75) is 43.1 Å². The molecule has 42 heavy (non-hydrogen) atoms. The van der Waals surface area contributed by atoms with E-state index in [1.807, 2.05) is 120 Å². The molecule has 6 nitrogen and oxygen atoms in total. The first-order valence-electron chi connectivity index (χ1n) is 14.7. The number of rotatable bonds is 6. The van der Waals surface area contributed by atoms with Crippen LogP contribution in [-0.4, -0.2) is 41.8 Å². The van der Waals surface area contributed by atoms with E-state index in [-0.39, 0.29) is 29.7 Å². The van der Waals surface area contributed by atoms with E-state index in [1.54, 1.807) is 0 Å². The molecule has 0 spiro atoms. The summed E-state index contributed by atoms with van der Waals surface area (Å²) in [4.78, 5) is 42.8. The second-order valence-corrected chi connectivity index (χ2v) is 11.2. The highest BCUT2D eigenvalue weighted by Gasteiger charge is 2.49. The largest absolute Gasteiger partial charge is 0.349 e. The molecule has 0 saturated carbocycles. The van der Waals surface area contributed by atoms with E-state index in [4.69, 9.17) is 0 Å². The minimum Gasteiger partial charge on any atom is -0.349 e. The standard InChI is InChI=1S/C36H35N3O3/c40-33(26-12-4-1-5-13-26)37-29-21-24-39(25-22-29)34(41)31-20-23-36(27-14-6-2-7-15-27,32-19-11-10-18-30(31)32)35(42)38-28-16-8-3-9-17-28/h1-19,29,31H,20-25H2,(H,37,40)(H,38,42). The quantitative estimate of drug-likeness (QED) is 0.309.